The van der Waals surface area contributed by atoms with Gasteiger partial charge in [0.25, 0.3) is 0 Å². The normalized spacial score (nSPS) is 25.2. The average molecular weight is 385 g/mol. The van der Waals surface area contributed by atoms with Crippen molar-refractivity contribution in [3.05, 3.63) is 51.0 Å². The Labute approximate surface area is 167 Å². The number of hydrogen-bond acceptors (Lipinski definition) is 4. The highest BCUT2D eigenvalue weighted by atomic mass is 32.1. The Kier molecular flexibility index (Phi) is 5.68. The monoisotopic (exact) mass is 384 g/mol. The number of thiophene rings is 1. The molecule has 0 aromatic carbocycles. The minimum atomic E-state index is 0.300. The molecule has 1 fully saturated rings. The SMILES string of the molecule is CCOC[C@]1(CCc2ccc(C)s2)CCN(C2CCc3nc(C)ccc32)C1. The molecule has 2 aromatic heterocycles. The van der Waals surface area contributed by atoms with Gasteiger partial charge in [0.05, 0.1) is 6.61 Å². The van der Waals surface area contributed by atoms with Gasteiger partial charge in [0.2, 0.25) is 0 Å². The van der Waals surface area contributed by atoms with Crippen LogP contribution in [0.1, 0.15) is 58.9 Å². The highest BCUT2D eigenvalue weighted by Crippen LogP contribution is 2.43. The van der Waals surface area contributed by atoms with Crippen LogP contribution < -0.4 is 0 Å². The molecule has 3 nitrogen and oxygen atoms in total. The second-order valence-corrected chi connectivity index (χ2v) is 9.79. The first kappa shape index (κ1) is 19.1. The number of aryl methyl sites for hydroxylation is 4. The smallest absolute Gasteiger partial charge is 0.0535 e. The van der Waals surface area contributed by atoms with E-state index in [1.54, 1.807) is 0 Å². The van der Waals surface area contributed by atoms with Crippen LogP contribution in [0.2, 0.25) is 0 Å². The van der Waals surface area contributed by atoms with Gasteiger partial charge >= 0.3 is 0 Å². The number of aromatic nitrogens is 1. The second-order valence-electron chi connectivity index (χ2n) is 8.41. The van der Waals surface area contributed by atoms with Crippen molar-refractivity contribution >= 4 is 11.3 Å². The van der Waals surface area contributed by atoms with Crippen LogP contribution in [0.5, 0.6) is 0 Å². The van der Waals surface area contributed by atoms with E-state index in [1.807, 2.05) is 11.3 Å². The fourth-order valence-electron chi connectivity index (χ4n) is 4.89. The summed E-state index contributed by atoms with van der Waals surface area (Å²) in [5.74, 6) is 0. The van der Waals surface area contributed by atoms with Crippen molar-refractivity contribution in [3.63, 3.8) is 0 Å². The molecule has 0 amide bonds. The third kappa shape index (κ3) is 4.13. The molecular weight excluding hydrogens is 352 g/mol. The number of nitrogens with zero attached hydrogens (tertiary/aromatic N) is 2. The lowest BCUT2D eigenvalue weighted by atomic mass is 9.83. The number of fused-ring (bicyclic) bond motifs is 1. The maximum Gasteiger partial charge on any atom is 0.0535 e. The molecule has 0 bridgehead atoms. The Hall–Kier alpha value is -1.23. The largest absolute Gasteiger partial charge is 0.381 e. The van der Waals surface area contributed by atoms with E-state index < -0.39 is 0 Å². The third-order valence-electron chi connectivity index (χ3n) is 6.38. The quantitative estimate of drug-likeness (QED) is 0.663. The number of ether oxygens (including phenoxy) is 1. The first-order chi connectivity index (χ1) is 13.1. The number of likely N-dealkylation sites (tertiary alicyclic amines) is 1. The molecule has 3 heterocycles. The molecule has 0 radical (unpaired) electrons. The Bertz CT molecular complexity index is 786. The molecule has 1 saturated heterocycles. The molecule has 146 valence electrons. The second kappa shape index (κ2) is 8.02. The maximum absolute atomic E-state index is 5.97. The lowest BCUT2D eigenvalue weighted by molar-refractivity contribution is 0.0461. The van der Waals surface area contributed by atoms with Gasteiger partial charge in [0, 0.05) is 45.8 Å². The molecular formula is C23H32N2OS. The molecule has 4 rings (SSSR count). The number of pyridine rings is 1. The van der Waals surface area contributed by atoms with Gasteiger partial charge in [-0.05, 0) is 83.2 Å². The van der Waals surface area contributed by atoms with Crippen molar-refractivity contribution in [1.82, 2.24) is 9.88 Å². The van der Waals surface area contributed by atoms with E-state index in [4.69, 9.17) is 9.72 Å². The molecule has 2 aromatic rings. The summed E-state index contributed by atoms with van der Waals surface area (Å²) >= 11 is 1.95. The molecule has 1 unspecified atom stereocenters. The van der Waals surface area contributed by atoms with E-state index in [1.165, 1.54) is 53.2 Å². The van der Waals surface area contributed by atoms with Crippen LogP contribution in [0.15, 0.2) is 24.3 Å². The lowest BCUT2D eigenvalue weighted by Crippen LogP contribution is -2.33. The summed E-state index contributed by atoms with van der Waals surface area (Å²) in [6.45, 7) is 10.5. The third-order valence-corrected chi connectivity index (χ3v) is 7.44. The zero-order valence-electron chi connectivity index (χ0n) is 17.0. The highest BCUT2D eigenvalue weighted by Gasteiger charge is 2.42. The summed E-state index contributed by atoms with van der Waals surface area (Å²) in [5, 5.41) is 0. The van der Waals surface area contributed by atoms with Crippen LogP contribution in [0, 0.1) is 19.3 Å². The van der Waals surface area contributed by atoms with Gasteiger partial charge in [0.1, 0.15) is 0 Å². The van der Waals surface area contributed by atoms with Gasteiger partial charge in [-0.15, -0.1) is 11.3 Å². The molecule has 1 aliphatic carbocycles. The minimum Gasteiger partial charge on any atom is -0.381 e. The van der Waals surface area contributed by atoms with E-state index in [2.05, 4.69) is 49.9 Å². The predicted molar refractivity (Wildman–Crippen MR) is 113 cm³/mol. The van der Waals surface area contributed by atoms with Crippen molar-refractivity contribution < 1.29 is 4.74 Å². The average Bonchev–Trinajstić information content (AvgIpc) is 3.36. The van der Waals surface area contributed by atoms with Crippen molar-refractivity contribution in [2.45, 2.75) is 58.9 Å². The predicted octanol–water partition coefficient (Wildman–Crippen LogP) is 5.11. The Morgan fingerprint density at radius 2 is 2.15 bits per heavy atom. The zero-order chi connectivity index (χ0) is 18.9. The van der Waals surface area contributed by atoms with Crippen LogP contribution in [-0.4, -0.2) is 36.2 Å². The van der Waals surface area contributed by atoms with Gasteiger partial charge in [-0.1, -0.05) is 6.07 Å². The Morgan fingerprint density at radius 3 is 2.93 bits per heavy atom. The molecule has 27 heavy (non-hydrogen) atoms. The van der Waals surface area contributed by atoms with Gasteiger partial charge in [-0.2, -0.15) is 0 Å². The first-order valence-corrected chi connectivity index (χ1v) is 11.2. The van der Waals surface area contributed by atoms with Crippen molar-refractivity contribution in [3.8, 4) is 0 Å². The molecule has 4 heteroatoms. The first-order valence-electron chi connectivity index (χ1n) is 10.4. The lowest BCUT2D eigenvalue weighted by Gasteiger charge is -2.31. The highest BCUT2D eigenvalue weighted by molar-refractivity contribution is 7.11. The fourth-order valence-corrected chi connectivity index (χ4v) is 5.78. The van der Waals surface area contributed by atoms with Crippen LogP contribution in [0.4, 0.5) is 0 Å². The summed E-state index contributed by atoms with van der Waals surface area (Å²) in [6.07, 6.45) is 6.02. The summed E-state index contributed by atoms with van der Waals surface area (Å²) in [5.41, 5.74) is 4.25. The van der Waals surface area contributed by atoms with E-state index in [0.717, 1.165) is 31.9 Å². The number of rotatable bonds is 7. The Balaban J connectivity index is 1.46. The Morgan fingerprint density at radius 1 is 1.26 bits per heavy atom. The van der Waals surface area contributed by atoms with Gasteiger partial charge in [0.15, 0.2) is 0 Å². The van der Waals surface area contributed by atoms with Crippen LogP contribution in [0.3, 0.4) is 0 Å². The molecule has 1 aliphatic heterocycles. The van der Waals surface area contributed by atoms with Gasteiger partial charge in [-0.25, -0.2) is 0 Å². The van der Waals surface area contributed by atoms with Crippen LogP contribution >= 0.6 is 11.3 Å². The van der Waals surface area contributed by atoms with E-state index in [-0.39, 0.29) is 0 Å². The molecule has 0 spiro atoms. The zero-order valence-corrected chi connectivity index (χ0v) is 17.8. The summed E-state index contributed by atoms with van der Waals surface area (Å²) in [6, 6.07) is 9.62. The van der Waals surface area contributed by atoms with E-state index in [9.17, 15) is 0 Å². The maximum atomic E-state index is 5.97. The standard InChI is InChI=1S/C23H32N2OS/c1-4-26-16-23(12-11-19-7-6-18(3)27-19)13-14-25(15-23)22-10-9-21-20(22)8-5-17(2)24-21/h5-8,22H,4,9-16H2,1-3H3/t22?,23-/m1/s1. The fraction of sp³-hybridized carbons (Fsp3) is 0.609. The minimum absolute atomic E-state index is 0.300. The summed E-state index contributed by atoms with van der Waals surface area (Å²) < 4.78 is 5.97. The summed E-state index contributed by atoms with van der Waals surface area (Å²) in [4.78, 5) is 10.5. The van der Waals surface area contributed by atoms with Crippen LogP contribution in [0.25, 0.3) is 0 Å². The van der Waals surface area contributed by atoms with Gasteiger partial charge < -0.3 is 4.74 Å². The van der Waals surface area contributed by atoms with Crippen molar-refractivity contribution in [1.29, 1.82) is 0 Å². The van der Waals surface area contributed by atoms with E-state index in [0.29, 0.717) is 11.5 Å². The van der Waals surface area contributed by atoms with Crippen molar-refractivity contribution in [2.24, 2.45) is 5.41 Å². The van der Waals surface area contributed by atoms with Crippen molar-refractivity contribution in [2.75, 3.05) is 26.3 Å². The summed E-state index contributed by atoms with van der Waals surface area (Å²) in [7, 11) is 0. The molecule has 2 atom stereocenters. The topological polar surface area (TPSA) is 25.4 Å². The van der Waals surface area contributed by atoms with Crippen LogP contribution in [-0.2, 0) is 17.6 Å². The molecule has 2 aliphatic rings. The number of hydrogen-bond donors (Lipinski definition) is 0. The van der Waals surface area contributed by atoms with E-state index >= 15 is 0 Å². The molecule has 0 saturated carbocycles. The van der Waals surface area contributed by atoms with Gasteiger partial charge in [-0.3, -0.25) is 9.88 Å². The molecule has 0 N–H and O–H groups in total.